The molecule has 0 radical (unpaired) electrons. The van der Waals surface area contributed by atoms with E-state index in [4.69, 9.17) is 4.98 Å². The molecule has 8 rings (SSSR count). The van der Waals surface area contributed by atoms with Crippen LogP contribution in [0.4, 0.5) is 17.3 Å². The van der Waals surface area contributed by atoms with Crippen molar-refractivity contribution in [3.63, 3.8) is 0 Å². The summed E-state index contributed by atoms with van der Waals surface area (Å²) in [5.41, 5.74) is 4.85. The van der Waals surface area contributed by atoms with Crippen LogP contribution in [0.15, 0.2) is 72.2 Å². The Balaban J connectivity index is 1.16. The normalized spacial score (nSPS) is 22.7. The Hall–Kier alpha value is -4.30. The molecule has 2 aromatic carbocycles. The van der Waals surface area contributed by atoms with Crippen LogP contribution in [0.1, 0.15) is 67.1 Å². The molecule has 4 aliphatic rings. The Morgan fingerprint density at radius 3 is 2.60 bits per heavy atom. The molecule has 1 saturated carbocycles. The average Bonchev–Trinajstić information content (AvgIpc) is 3.80. The van der Waals surface area contributed by atoms with E-state index in [1.165, 1.54) is 25.1 Å². The molecule has 4 aromatic rings. The molecule has 45 heavy (non-hydrogen) atoms. The lowest BCUT2D eigenvalue weighted by molar-refractivity contribution is 0.0724. The number of carbonyl (C=O) groups is 1. The van der Waals surface area contributed by atoms with E-state index in [0.29, 0.717) is 35.5 Å². The predicted octanol–water partition coefficient (Wildman–Crippen LogP) is 6.25. The number of hydrogen-bond acceptors (Lipinski definition) is 7. The zero-order valence-electron chi connectivity index (χ0n) is 26.1. The van der Waals surface area contributed by atoms with Gasteiger partial charge >= 0.3 is 0 Å². The van der Waals surface area contributed by atoms with Crippen molar-refractivity contribution < 1.29 is 4.79 Å². The van der Waals surface area contributed by atoms with Crippen LogP contribution in [-0.2, 0) is 6.42 Å². The maximum absolute atomic E-state index is 14.4. The highest BCUT2D eigenvalue weighted by molar-refractivity contribution is 6.03. The second-order valence-electron chi connectivity index (χ2n) is 13.9. The summed E-state index contributed by atoms with van der Waals surface area (Å²) in [6.45, 7) is 12.7. The molecule has 4 heterocycles. The number of ketones is 1. The molecule has 3 fully saturated rings. The maximum atomic E-state index is 14.4. The fraction of sp³-hybridized carbons (Fsp3) is 0.405. The molecular weight excluding hydrogens is 560 g/mol. The Bertz CT molecular complexity index is 1890. The minimum atomic E-state index is -0.816. The molecule has 8 nitrogen and oxygen atoms in total. The number of carbonyl (C=O) groups excluding carboxylic acids is 1. The highest BCUT2D eigenvalue weighted by Crippen LogP contribution is 2.44. The molecule has 2 saturated heterocycles. The van der Waals surface area contributed by atoms with Gasteiger partial charge in [-0.25, -0.2) is 4.98 Å². The first kappa shape index (κ1) is 28.2. The topological polar surface area (TPSA) is 83.4 Å². The number of anilines is 3. The van der Waals surface area contributed by atoms with Crippen molar-refractivity contribution >= 4 is 39.7 Å². The summed E-state index contributed by atoms with van der Waals surface area (Å²) in [6.07, 6.45) is 7.03. The SMILES string of the molecule is C=C(c1cc2cnc(Nc3ccc(N4CCN5CCCC5C4)cc3)nc2n(C2Cc3ccccc3C(=O)C2(C)C)c1=O)C1CC1. The van der Waals surface area contributed by atoms with Gasteiger partial charge in [0.2, 0.25) is 5.95 Å². The molecule has 2 aliphatic carbocycles. The van der Waals surface area contributed by atoms with Gasteiger partial charge in [-0.2, -0.15) is 4.98 Å². The number of benzene rings is 2. The number of rotatable bonds is 6. The van der Waals surface area contributed by atoms with Crippen LogP contribution in [0.2, 0.25) is 0 Å². The first-order valence-electron chi connectivity index (χ1n) is 16.4. The molecule has 8 heteroatoms. The Kier molecular flexibility index (Phi) is 6.68. The van der Waals surface area contributed by atoms with E-state index in [0.717, 1.165) is 60.2 Å². The number of piperazine rings is 1. The quantitative estimate of drug-likeness (QED) is 0.280. The average molecular weight is 601 g/mol. The summed E-state index contributed by atoms with van der Waals surface area (Å²) in [7, 11) is 0. The first-order valence-corrected chi connectivity index (χ1v) is 16.4. The van der Waals surface area contributed by atoms with Crippen LogP contribution in [0.5, 0.6) is 0 Å². The molecule has 0 bridgehead atoms. The van der Waals surface area contributed by atoms with Crippen molar-refractivity contribution in [2.45, 2.75) is 58.0 Å². The minimum Gasteiger partial charge on any atom is -0.369 e. The van der Waals surface area contributed by atoms with Crippen molar-refractivity contribution in [2.75, 3.05) is 36.4 Å². The lowest BCUT2D eigenvalue weighted by Crippen LogP contribution is -2.50. The van der Waals surface area contributed by atoms with Gasteiger partial charge in [-0.15, -0.1) is 0 Å². The fourth-order valence-corrected chi connectivity index (χ4v) is 7.76. The summed E-state index contributed by atoms with van der Waals surface area (Å²) in [6, 6.07) is 18.4. The third-order valence-corrected chi connectivity index (χ3v) is 10.7. The smallest absolute Gasteiger partial charge is 0.260 e. The van der Waals surface area contributed by atoms with Crippen molar-refractivity contribution in [2.24, 2.45) is 11.3 Å². The first-order chi connectivity index (χ1) is 21.8. The van der Waals surface area contributed by atoms with E-state index in [2.05, 4.69) is 50.9 Å². The largest absolute Gasteiger partial charge is 0.369 e. The second-order valence-corrected chi connectivity index (χ2v) is 13.9. The van der Waals surface area contributed by atoms with Gasteiger partial charge < -0.3 is 10.2 Å². The van der Waals surface area contributed by atoms with Crippen molar-refractivity contribution in [3.05, 3.63) is 94.4 Å². The zero-order chi connectivity index (χ0) is 30.9. The van der Waals surface area contributed by atoms with E-state index in [-0.39, 0.29) is 11.3 Å². The van der Waals surface area contributed by atoms with E-state index >= 15 is 0 Å². The molecule has 2 atom stereocenters. The van der Waals surface area contributed by atoms with Gasteiger partial charge in [-0.1, -0.05) is 44.7 Å². The van der Waals surface area contributed by atoms with Crippen LogP contribution in [0.3, 0.4) is 0 Å². The summed E-state index contributed by atoms with van der Waals surface area (Å²) in [5.74, 6) is 0.789. The summed E-state index contributed by atoms with van der Waals surface area (Å²) in [5, 5.41) is 4.14. The number of nitrogens with one attached hydrogen (secondary N) is 1. The maximum Gasteiger partial charge on any atom is 0.260 e. The molecule has 0 amide bonds. The number of pyridine rings is 1. The van der Waals surface area contributed by atoms with Gasteiger partial charge in [0.05, 0.1) is 6.04 Å². The van der Waals surface area contributed by atoms with Crippen LogP contribution in [-0.4, -0.2) is 57.4 Å². The molecule has 2 aliphatic heterocycles. The highest BCUT2D eigenvalue weighted by atomic mass is 16.1. The number of fused-ring (bicyclic) bond motifs is 3. The minimum absolute atomic E-state index is 0.0441. The lowest BCUT2D eigenvalue weighted by Gasteiger charge is -2.39. The van der Waals surface area contributed by atoms with E-state index in [9.17, 15) is 9.59 Å². The third kappa shape index (κ3) is 4.86. The lowest BCUT2D eigenvalue weighted by atomic mass is 9.69. The van der Waals surface area contributed by atoms with Crippen LogP contribution in [0, 0.1) is 11.3 Å². The monoisotopic (exact) mass is 600 g/mol. The summed E-state index contributed by atoms with van der Waals surface area (Å²) in [4.78, 5) is 42.9. The van der Waals surface area contributed by atoms with Gasteiger partial charge in [0.25, 0.3) is 5.56 Å². The van der Waals surface area contributed by atoms with Crippen molar-refractivity contribution in [1.29, 1.82) is 0 Å². The molecule has 1 N–H and O–H groups in total. The number of nitrogens with zero attached hydrogens (tertiary/aromatic N) is 5. The van der Waals surface area contributed by atoms with E-state index in [1.807, 2.05) is 44.2 Å². The number of aromatic nitrogens is 3. The van der Waals surface area contributed by atoms with Crippen LogP contribution >= 0.6 is 0 Å². The van der Waals surface area contributed by atoms with Crippen LogP contribution in [0.25, 0.3) is 16.6 Å². The molecular formula is C37H40N6O2. The standard InChI is InChI=1S/C37H40N6O2/c1-23(24-10-11-24)31-19-26-21-38-36(39-27-12-14-28(15-13-27)42-18-17-41-16-6-8-29(41)22-42)40-34(26)43(35(31)45)32-20-25-7-4-5-9-30(25)33(44)37(32,2)3/h4-5,7,9,12-15,19,21,24,29,32H,1,6,8,10-11,16-18,20,22H2,2-3H3,(H,38,39,40). The highest BCUT2D eigenvalue weighted by Gasteiger charge is 2.44. The van der Waals surface area contributed by atoms with Gasteiger partial charge in [-0.05, 0) is 86.0 Å². The number of Topliss-reactive ketones (excluding diaryl/α,β-unsaturated/α-hetero) is 1. The molecule has 230 valence electrons. The number of allylic oxidation sites excluding steroid dienone is 1. The Labute approximate surface area is 263 Å². The zero-order valence-corrected chi connectivity index (χ0v) is 26.1. The third-order valence-electron chi connectivity index (χ3n) is 10.7. The number of hydrogen-bond donors (Lipinski definition) is 1. The van der Waals surface area contributed by atoms with Gasteiger partial charge in [0.15, 0.2) is 5.78 Å². The predicted molar refractivity (Wildman–Crippen MR) is 179 cm³/mol. The van der Waals surface area contributed by atoms with Crippen molar-refractivity contribution in [1.82, 2.24) is 19.4 Å². The van der Waals surface area contributed by atoms with Gasteiger partial charge in [0, 0.05) is 65.2 Å². The summed E-state index contributed by atoms with van der Waals surface area (Å²) < 4.78 is 1.77. The van der Waals surface area contributed by atoms with Crippen LogP contribution < -0.4 is 15.8 Å². The van der Waals surface area contributed by atoms with Gasteiger partial charge in [-0.3, -0.25) is 19.1 Å². The molecule has 0 spiro atoms. The molecule has 2 aromatic heterocycles. The van der Waals surface area contributed by atoms with Crippen molar-refractivity contribution in [3.8, 4) is 0 Å². The summed E-state index contributed by atoms with van der Waals surface area (Å²) >= 11 is 0. The van der Waals surface area contributed by atoms with Gasteiger partial charge in [0.1, 0.15) is 5.65 Å². The second kappa shape index (κ2) is 10.7. The fourth-order valence-electron chi connectivity index (χ4n) is 7.76. The molecule has 2 unspecified atom stereocenters. The van der Waals surface area contributed by atoms with E-state index < -0.39 is 11.5 Å². The Morgan fingerprint density at radius 1 is 1.00 bits per heavy atom. The Morgan fingerprint density at radius 2 is 1.80 bits per heavy atom. The van der Waals surface area contributed by atoms with E-state index in [1.54, 1.807) is 10.8 Å².